The van der Waals surface area contributed by atoms with Crippen LogP contribution in [0.5, 0.6) is 5.75 Å². The first-order valence-electron chi connectivity index (χ1n) is 13.2. The first kappa shape index (κ1) is 32.9. The number of sulfone groups is 1. The van der Waals surface area contributed by atoms with Crippen molar-refractivity contribution in [1.29, 1.82) is 0 Å². The molecule has 0 aliphatic rings. The van der Waals surface area contributed by atoms with Gasteiger partial charge in [-0.3, -0.25) is 4.90 Å². The molecule has 0 aliphatic carbocycles. The summed E-state index contributed by atoms with van der Waals surface area (Å²) in [5, 5.41) is 10.1. The van der Waals surface area contributed by atoms with E-state index in [1.165, 1.54) is 32.0 Å². The quantitative estimate of drug-likeness (QED) is 0.219. The zero-order valence-electron chi connectivity index (χ0n) is 23.9. The van der Waals surface area contributed by atoms with Crippen LogP contribution in [0, 0.1) is 0 Å². The fraction of sp³-hybridized carbons (Fsp3) is 0.419. The predicted molar refractivity (Wildman–Crippen MR) is 156 cm³/mol. The van der Waals surface area contributed by atoms with Gasteiger partial charge in [0.2, 0.25) is 0 Å². The van der Waals surface area contributed by atoms with Crippen molar-refractivity contribution in [3.8, 4) is 5.75 Å². The van der Waals surface area contributed by atoms with Gasteiger partial charge in [0, 0.05) is 36.9 Å². The zero-order valence-corrected chi connectivity index (χ0v) is 25.5. The summed E-state index contributed by atoms with van der Waals surface area (Å²) >= 11 is 6.23. The molecule has 0 saturated heterocycles. The topological polar surface area (TPSA) is 66.8 Å². The Kier molecular flexibility index (Phi) is 10.2. The molecule has 3 rings (SSSR count). The molecule has 0 aromatic heterocycles. The normalized spacial score (nSPS) is 13.0. The van der Waals surface area contributed by atoms with E-state index in [1.54, 1.807) is 12.1 Å². The predicted octanol–water partition coefficient (Wildman–Crippen LogP) is 7.24. The second kappa shape index (κ2) is 12.7. The number of ether oxygens (including phenoxy) is 1. The van der Waals surface area contributed by atoms with Gasteiger partial charge in [-0.15, -0.1) is 0 Å². The fourth-order valence-corrected chi connectivity index (χ4v) is 6.14. The van der Waals surface area contributed by atoms with Crippen LogP contribution in [-0.2, 0) is 33.6 Å². The minimum absolute atomic E-state index is 0.00655. The highest BCUT2D eigenvalue weighted by molar-refractivity contribution is 7.90. The molecule has 0 fully saturated rings. The van der Waals surface area contributed by atoms with Crippen molar-refractivity contribution in [2.75, 3.05) is 26.0 Å². The molecule has 0 heterocycles. The van der Waals surface area contributed by atoms with Gasteiger partial charge < -0.3 is 9.84 Å². The Balaban J connectivity index is 1.79. The molecule has 5 nitrogen and oxygen atoms in total. The van der Waals surface area contributed by atoms with Gasteiger partial charge >= 0.3 is 6.18 Å². The summed E-state index contributed by atoms with van der Waals surface area (Å²) in [6.45, 7) is 8.67. The Morgan fingerprint density at radius 1 is 0.927 bits per heavy atom. The highest BCUT2D eigenvalue weighted by Crippen LogP contribution is 2.37. The maximum Gasteiger partial charge on any atom is 0.417 e. The molecule has 3 aromatic rings. The zero-order chi connectivity index (χ0) is 30.6. The number of hydrogen-bond donors (Lipinski definition) is 1. The Morgan fingerprint density at radius 2 is 1.59 bits per heavy atom. The van der Waals surface area contributed by atoms with Crippen LogP contribution in [0.25, 0.3) is 0 Å². The van der Waals surface area contributed by atoms with Gasteiger partial charge in [0.25, 0.3) is 0 Å². The Hall–Kier alpha value is -2.59. The van der Waals surface area contributed by atoms with Crippen LogP contribution < -0.4 is 4.74 Å². The number of nitrogens with zero attached hydrogens (tertiary/aromatic N) is 1. The third-order valence-corrected chi connectivity index (χ3v) is 8.43. The van der Waals surface area contributed by atoms with Crippen molar-refractivity contribution >= 4 is 21.4 Å². The van der Waals surface area contributed by atoms with Crippen LogP contribution in [0.2, 0.25) is 5.02 Å². The first-order valence-corrected chi connectivity index (χ1v) is 15.5. The van der Waals surface area contributed by atoms with E-state index in [0.717, 1.165) is 17.9 Å². The first-order chi connectivity index (χ1) is 18.9. The van der Waals surface area contributed by atoms with Crippen LogP contribution in [-0.4, -0.2) is 44.4 Å². The lowest BCUT2D eigenvalue weighted by Crippen LogP contribution is -2.37. The molecule has 0 atom stereocenters. The molecule has 0 aliphatic heterocycles. The lowest BCUT2D eigenvalue weighted by Gasteiger charge is -2.33. The van der Waals surface area contributed by atoms with Crippen LogP contribution in [0.1, 0.15) is 56.4 Å². The van der Waals surface area contributed by atoms with Gasteiger partial charge in [0.15, 0.2) is 9.84 Å². The van der Waals surface area contributed by atoms with Gasteiger partial charge in [-0.05, 0) is 49.6 Å². The van der Waals surface area contributed by atoms with E-state index in [-0.39, 0.29) is 34.0 Å². The summed E-state index contributed by atoms with van der Waals surface area (Å²) < 4.78 is 71.1. The van der Waals surface area contributed by atoms with E-state index in [0.29, 0.717) is 30.8 Å². The largest absolute Gasteiger partial charge is 0.494 e. The summed E-state index contributed by atoms with van der Waals surface area (Å²) in [5.74, 6) is 0.343. The lowest BCUT2D eigenvalue weighted by molar-refractivity contribution is -0.137. The molecule has 0 unspecified atom stereocenters. The number of halogens is 4. The molecule has 224 valence electrons. The minimum atomic E-state index is -4.55. The number of rotatable bonds is 12. The monoisotopic (exact) mass is 611 g/mol. The molecular formula is C31H37ClF3NO4S. The van der Waals surface area contributed by atoms with Gasteiger partial charge in [0.1, 0.15) is 5.75 Å². The Bertz CT molecular complexity index is 1440. The van der Waals surface area contributed by atoms with E-state index in [9.17, 15) is 26.7 Å². The summed E-state index contributed by atoms with van der Waals surface area (Å²) in [4.78, 5) is 2.05. The molecule has 0 bridgehead atoms. The average Bonchev–Trinajstić information content (AvgIpc) is 2.86. The molecule has 1 N–H and O–H groups in total. The summed E-state index contributed by atoms with van der Waals surface area (Å²) in [6, 6.07) is 18.4. The van der Waals surface area contributed by atoms with E-state index in [4.69, 9.17) is 16.3 Å². The van der Waals surface area contributed by atoms with E-state index in [2.05, 4.69) is 18.7 Å². The SMILES string of the molecule is CC(C)(O)c1ccc(OCCCN(Cc2cccc(C(F)(F)F)c2Cl)CC(C)(C)c2ccccc2)cc1S(C)(=O)=O. The third-order valence-electron chi connectivity index (χ3n) is 6.85. The van der Waals surface area contributed by atoms with E-state index in [1.807, 2.05) is 30.3 Å². The second-order valence-electron chi connectivity index (χ2n) is 11.4. The highest BCUT2D eigenvalue weighted by atomic mass is 35.5. The standard InChI is InChI=1S/C31H37ClF3NO4S/c1-29(2,23-12-7-6-8-13-23)21-36(20-22-11-9-14-26(28(22)32)31(33,34)35)17-10-18-40-24-15-16-25(30(3,4)37)27(19-24)41(5,38)39/h6-9,11-16,19,37H,10,17-18,20-21H2,1-5H3. The number of aliphatic hydroxyl groups is 1. The maximum absolute atomic E-state index is 13.5. The summed E-state index contributed by atoms with van der Waals surface area (Å²) in [6.07, 6.45) is -2.96. The molecule has 10 heteroatoms. The van der Waals surface area contributed by atoms with Crippen LogP contribution in [0.3, 0.4) is 0 Å². The van der Waals surface area contributed by atoms with Crippen molar-refractivity contribution in [2.24, 2.45) is 0 Å². The third kappa shape index (κ3) is 8.95. The van der Waals surface area contributed by atoms with E-state index >= 15 is 0 Å². The number of benzene rings is 3. The molecule has 0 amide bonds. The van der Waals surface area contributed by atoms with Crippen molar-refractivity contribution in [3.05, 3.63) is 94.0 Å². The highest BCUT2D eigenvalue weighted by Gasteiger charge is 2.34. The number of alkyl halides is 3. The smallest absolute Gasteiger partial charge is 0.417 e. The maximum atomic E-state index is 13.5. The van der Waals surface area contributed by atoms with Gasteiger partial charge in [-0.25, -0.2) is 8.42 Å². The molecule has 0 radical (unpaired) electrons. The van der Waals surface area contributed by atoms with E-state index < -0.39 is 27.2 Å². The van der Waals surface area contributed by atoms with Crippen LogP contribution >= 0.6 is 11.6 Å². The van der Waals surface area contributed by atoms with Gasteiger partial charge in [-0.2, -0.15) is 13.2 Å². The molecule has 41 heavy (non-hydrogen) atoms. The van der Waals surface area contributed by atoms with Gasteiger partial charge in [-0.1, -0.05) is 74.0 Å². The Morgan fingerprint density at radius 3 is 2.17 bits per heavy atom. The fourth-order valence-electron chi connectivity index (χ4n) is 4.80. The second-order valence-corrected chi connectivity index (χ2v) is 13.8. The summed E-state index contributed by atoms with van der Waals surface area (Å²) in [7, 11) is -3.62. The Labute approximate surface area is 245 Å². The summed E-state index contributed by atoms with van der Waals surface area (Å²) in [5.41, 5.74) is -0.776. The van der Waals surface area contributed by atoms with Crippen LogP contribution in [0.15, 0.2) is 71.6 Å². The molecule has 0 spiro atoms. The van der Waals surface area contributed by atoms with Crippen molar-refractivity contribution < 1.29 is 31.4 Å². The van der Waals surface area contributed by atoms with Crippen molar-refractivity contribution in [2.45, 2.75) is 62.7 Å². The van der Waals surface area contributed by atoms with Gasteiger partial charge in [0.05, 0.1) is 27.7 Å². The molecule has 3 aromatic carbocycles. The molecular weight excluding hydrogens is 575 g/mol. The number of hydrogen-bond acceptors (Lipinski definition) is 5. The van der Waals surface area contributed by atoms with Crippen molar-refractivity contribution in [1.82, 2.24) is 4.90 Å². The van der Waals surface area contributed by atoms with Crippen molar-refractivity contribution in [3.63, 3.8) is 0 Å². The average molecular weight is 612 g/mol. The minimum Gasteiger partial charge on any atom is -0.494 e. The molecule has 0 saturated carbocycles. The van der Waals surface area contributed by atoms with Crippen LogP contribution in [0.4, 0.5) is 13.2 Å². The lowest BCUT2D eigenvalue weighted by atomic mass is 9.84.